The number of ether oxygens (including phenoxy) is 5. The van der Waals surface area contributed by atoms with Gasteiger partial charge in [-0.25, -0.2) is 0 Å². The molecule has 0 fully saturated rings. The fourth-order valence-electron chi connectivity index (χ4n) is 2.40. The molecule has 0 aliphatic carbocycles. The van der Waals surface area contributed by atoms with Crippen LogP contribution in [0.3, 0.4) is 0 Å². The molecule has 0 spiro atoms. The van der Waals surface area contributed by atoms with Gasteiger partial charge in [0.05, 0.1) is 26.4 Å². The number of nitrogens with two attached hydrogens (primary N) is 1. The predicted molar refractivity (Wildman–Crippen MR) is 106 cm³/mol. The van der Waals surface area contributed by atoms with E-state index in [0.29, 0.717) is 58.3 Å². The molecule has 1 amide bonds. The zero-order valence-electron chi connectivity index (χ0n) is 17.0. The van der Waals surface area contributed by atoms with E-state index < -0.39 is 6.29 Å². The lowest BCUT2D eigenvalue weighted by Crippen LogP contribution is -2.25. The Morgan fingerprint density at radius 2 is 1.57 bits per heavy atom. The predicted octanol–water partition coefficient (Wildman–Crippen LogP) is 1.50. The van der Waals surface area contributed by atoms with Gasteiger partial charge in [0.15, 0.2) is 6.29 Å². The number of carbonyl (C=O) groups is 1. The molecule has 3 N–H and O–H groups in total. The molecule has 8 heteroatoms. The number of hydrogen-bond donors (Lipinski definition) is 2. The van der Waals surface area contributed by atoms with Gasteiger partial charge < -0.3 is 34.7 Å². The first kappa shape index (κ1) is 24.5. The lowest BCUT2D eigenvalue weighted by Gasteiger charge is -2.14. The van der Waals surface area contributed by atoms with Crippen molar-refractivity contribution in [1.29, 1.82) is 0 Å². The zero-order chi connectivity index (χ0) is 20.5. The van der Waals surface area contributed by atoms with Crippen molar-refractivity contribution >= 4 is 5.91 Å². The maximum Gasteiger partial charge on any atom is 0.251 e. The van der Waals surface area contributed by atoms with Gasteiger partial charge in [0, 0.05) is 45.1 Å². The number of nitrogens with one attached hydrogen (secondary N) is 1. The topological polar surface area (TPSA) is 101 Å². The maximum absolute atomic E-state index is 12.2. The van der Waals surface area contributed by atoms with E-state index in [9.17, 15) is 4.79 Å². The molecule has 160 valence electrons. The number of amides is 1. The van der Waals surface area contributed by atoms with E-state index in [-0.39, 0.29) is 5.91 Å². The third-order valence-electron chi connectivity index (χ3n) is 3.84. The van der Waals surface area contributed by atoms with E-state index in [0.717, 1.165) is 18.4 Å². The van der Waals surface area contributed by atoms with E-state index in [2.05, 4.69) is 5.32 Å². The van der Waals surface area contributed by atoms with Crippen LogP contribution in [-0.4, -0.2) is 72.9 Å². The van der Waals surface area contributed by atoms with Crippen LogP contribution in [0.25, 0.3) is 0 Å². The lowest BCUT2D eigenvalue weighted by molar-refractivity contribution is -0.106. The molecule has 0 radical (unpaired) electrons. The Morgan fingerprint density at radius 1 is 0.964 bits per heavy atom. The third kappa shape index (κ3) is 10.7. The van der Waals surface area contributed by atoms with Crippen LogP contribution in [0.4, 0.5) is 0 Å². The van der Waals surface area contributed by atoms with Gasteiger partial charge in [-0.2, -0.15) is 0 Å². The van der Waals surface area contributed by atoms with E-state index in [1.807, 2.05) is 12.1 Å². The molecule has 0 bridgehead atoms. The molecule has 0 unspecified atom stereocenters. The molecule has 1 aromatic rings. The second-order valence-electron chi connectivity index (χ2n) is 6.02. The molecule has 0 heterocycles. The first-order valence-electron chi connectivity index (χ1n) is 9.60. The van der Waals surface area contributed by atoms with Gasteiger partial charge in [0.25, 0.3) is 5.91 Å². The van der Waals surface area contributed by atoms with Crippen LogP contribution in [0.1, 0.15) is 35.1 Å². The summed E-state index contributed by atoms with van der Waals surface area (Å²) in [6, 6.07) is 7.19. The van der Waals surface area contributed by atoms with Gasteiger partial charge in [0.2, 0.25) is 0 Å². The van der Waals surface area contributed by atoms with Crippen LogP contribution in [-0.2, 0) is 23.7 Å². The van der Waals surface area contributed by atoms with E-state index in [1.165, 1.54) is 0 Å². The molecule has 0 aliphatic rings. The van der Waals surface area contributed by atoms with Crippen LogP contribution < -0.4 is 11.1 Å². The number of rotatable bonds is 17. The van der Waals surface area contributed by atoms with E-state index >= 15 is 0 Å². The van der Waals surface area contributed by atoms with Crippen molar-refractivity contribution in [1.82, 2.24) is 5.32 Å². The first-order valence-corrected chi connectivity index (χ1v) is 9.60. The SMILES string of the molecule is COC(OC)c1cccc(C(=O)NCCCOCCOCCOCCCN)c1. The van der Waals surface area contributed by atoms with Gasteiger partial charge in [-0.1, -0.05) is 12.1 Å². The summed E-state index contributed by atoms with van der Waals surface area (Å²) in [5.41, 5.74) is 6.74. The Hall–Kier alpha value is -1.55. The molecule has 0 aliphatic heterocycles. The largest absolute Gasteiger partial charge is 0.379 e. The van der Waals surface area contributed by atoms with Crippen molar-refractivity contribution in [2.75, 3.05) is 67.0 Å². The van der Waals surface area contributed by atoms with Crippen molar-refractivity contribution in [2.24, 2.45) is 5.73 Å². The molecule has 0 saturated heterocycles. The number of methoxy groups -OCH3 is 2. The molecule has 1 aromatic carbocycles. The summed E-state index contributed by atoms with van der Waals surface area (Å²) in [5.74, 6) is -0.134. The Morgan fingerprint density at radius 3 is 2.18 bits per heavy atom. The highest BCUT2D eigenvalue weighted by molar-refractivity contribution is 5.94. The van der Waals surface area contributed by atoms with Crippen molar-refractivity contribution in [2.45, 2.75) is 19.1 Å². The molecule has 0 atom stereocenters. The van der Waals surface area contributed by atoms with Gasteiger partial charge >= 0.3 is 0 Å². The maximum atomic E-state index is 12.2. The van der Waals surface area contributed by atoms with Gasteiger partial charge in [-0.15, -0.1) is 0 Å². The quantitative estimate of drug-likeness (QED) is 0.303. The highest BCUT2D eigenvalue weighted by atomic mass is 16.7. The van der Waals surface area contributed by atoms with Gasteiger partial charge in [0.1, 0.15) is 0 Å². The Balaban J connectivity index is 2.06. The molecular formula is C20H34N2O6. The van der Waals surface area contributed by atoms with Crippen molar-refractivity contribution in [3.63, 3.8) is 0 Å². The van der Waals surface area contributed by atoms with E-state index in [1.54, 1.807) is 26.4 Å². The highest BCUT2D eigenvalue weighted by Crippen LogP contribution is 2.18. The minimum Gasteiger partial charge on any atom is -0.379 e. The van der Waals surface area contributed by atoms with Crippen LogP contribution in [0.5, 0.6) is 0 Å². The van der Waals surface area contributed by atoms with Crippen molar-refractivity contribution < 1.29 is 28.5 Å². The first-order chi connectivity index (χ1) is 13.7. The fourth-order valence-corrected chi connectivity index (χ4v) is 2.40. The second-order valence-corrected chi connectivity index (χ2v) is 6.02. The minimum absolute atomic E-state index is 0.134. The summed E-state index contributed by atoms with van der Waals surface area (Å²) in [6.45, 7) is 4.59. The summed E-state index contributed by atoms with van der Waals surface area (Å²) in [4.78, 5) is 12.2. The monoisotopic (exact) mass is 398 g/mol. The number of hydrogen-bond acceptors (Lipinski definition) is 7. The molecule has 1 rings (SSSR count). The Labute approximate surface area is 167 Å². The fraction of sp³-hybridized carbons (Fsp3) is 0.650. The lowest BCUT2D eigenvalue weighted by atomic mass is 10.1. The summed E-state index contributed by atoms with van der Waals surface area (Å²) < 4.78 is 26.6. The summed E-state index contributed by atoms with van der Waals surface area (Å²) in [5, 5.41) is 2.88. The third-order valence-corrected chi connectivity index (χ3v) is 3.84. The molecule has 0 saturated carbocycles. The van der Waals surface area contributed by atoms with Crippen LogP contribution >= 0.6 is 0 Å². The molecule has 0 aromatic heterocycles. The van der Waals surface area contributed by atoms with Crippen molar-refractivity contribution in [3.8, 4) is 0 Å². The number of benzene rings is 1. The number of carbonyl (C=O) groups excluding carboxylic acids is 1. The minimum atomic E-state index is -0.485. The average Bonchev–Trinajstić information content (AvgIpc) is 2.72. The van der Waals surface area contributed by atoms with Crippen LogP contribution in [0, 0.1) is 0 Å². The second kappa shape index (κ2) is 16.4. The smallest absolute Gasteiger partial charge is 0.251 e. The molecular weight excluding hydrogens is 364 g/mol. The summed E-state index contributed by atoms with van der Waals surface area (Å²) >= 11 is 0. The summed E-state index contributed by atoms with van der Waals surface area (Å²) in [7, 11) is 3.12. The van der Waals surface area contributed by atoms with Crippen LogP contribution in [0.15, 0.2) is 24.3 Å². The Kier molecular flexibility index (Phi) is 14.4. The van der Waals surface area contributed by atoms with Gasteiger partial charge in [-0.3, -0.25) is 4.79 Å². The Bertz CT molecular complexity index is 525. The summed E-state index contributed by atoms with van der Waals surface area (Å²) in [6.07, 6.45) is 1.11. The van der Waals surface area contributed by atoms with Gasteiger partial charge in [-0.05, 0) is 31.5 Å². The zero-order valence-corrected chi connectivity index (χ0v) is 17.0. The van der Waals surface area contributed by atoms with E-state index in [4.69, 9.17) is 29.4 Å². The van der Waals surface area contributed by atoms with Crippen LogP contribution in [0.2, 0.25) is 0 Å². The molecule has 28 heavy (non-hydrogen) atoms. The highest BCUT2D eigenvalue weighted by Gasteiger charge is 2.12. The normalized spacial score (nSPS) is 11.1. The van der Waals surface area contributed by atoms with Crippen molar-refractivity contribution in [3.05, 3.63) is 35.4 Å². The molecule has 8 nitrogen and oxygen atoms in total. The average molecular weight is 399 g/mol. The standard InChI is InChI=1S/C20H34N2O6/c1-24-20(25-2)18-7-3-6-17(16-18)19(23)22-9-5-11-27-13-15-28-14-12-26-10-4-8-21/h3,6-7,16,20H,4-5,8-15,21H2,1-2H3,(H,22,23).